The molecule has 10 fully saturated rings. The molecule has 30 atom stereocenters. The molecule has 6 N–H and O–H groups in total. The predicted octanol–water partition coefficient (Wildman–Crippen LogP) is 4.10. The van der Waals surface area contributed by atoms with Crippen molar-refractivity contribution in [2.75, 3.05) is 34.1 Å². The van der Waals surface area contributed by atoms with Crippen LogP contribution in [0, 0.1) is 11.8 Å². The molecule has 10 saturated heterocycles. The summed E-state index contributed by atoms with van der Waals surface area (Å²) in [6.07, 6.45) is -21.4. The third-order valence-corrected chi connectivity index (χ3v) is 22.8. The molecule has 0 radical (unpaired) electrons. The standard InChI is InChI=1S/C16H21FO3S.C13H17FO3S.2C12H19FO5.C12H15FO4S.C12H20O6.CH3F.CH3O.N3.2Na/c1-4-13-10(2)14(17)15(19-11(3)18)16(20-13)21-12-8-6-5-7-9-12;1-2-9-11(15)10(14)12(16)13(17-9)18-8-6-4-3-5-7-8;1-11(2)14-5-6(16-11)8-7(13)9-10(15-8)18-12(3,4)17-9;1-5-9-6(2)10(13)11(16-7(3)14)12(18-9)17-8(4)15;13-9-10(15)8(6-14)17-12(11(9)16)18-7-4-2-1-3-5-7;1-11(2)14-5-6(16-11)8-7(13)9-10(15-8)18-12(3,4)17-9;2*1-2;1-3-2;;/h5-10,13-16H,4H2,1-3H3;3-7,9-13,15-16H,2H2,1H3;6-10H,5H2,1-4H3;6,9-12H,5H2,1-4H3;1-5,8-12,14-16H,6H2;6-10,13H,5H2,1-4H3;2*1H3;;;/q;;;;;;;2*-1;2*+1/t10-,13-,14+,15-,16+;9-,10+,11-,12-,13+;6-,7+,8-,9-,10-;6-,9-,10+,11-,12?;8-,9+,10-,11-,12+;6-,7-,8-,9-,10-;;;;;/m111111...../s1/i;;;;;;1D;;;;. The minimum Gasteiger partial charge on any atom is -0.857 e. The van der Waals surface area contributed by atoms with Crippen molar-refractivity contribution >= 4 is 53.2 Å². The first-order valence-electron chi connectivity index (χ1n) is 39.1. The van der Waals surface area contributed by atoms with Crippen LogP contribution in [0.3, 0.4) is 0 Å². The van der Waals surface area contributed by atoms with Gasteiger partial charge >= 0.3 is 77.0 Å². The number of thioether (sulfide) groups is 3. The molecule has 0 spiro atoms. The van der Waals surface area contributed by atoms with Crippen molar-refractivity contribution in [1.29, 1.82) is 0 Å². The number of halogens is 6. The zero-order valence-electron chi connectivity index (χ0n) is 72.0. The third-order valence-electron chi connectivity index (χ3n) is 19.3. The van der Waals surface area contributed by atoms with Crippen LogP contribution in [-0.2, 0) is 94.9 Å². The maximum absolute atomic E-state index is 14.6. The Labute approximate surface area is 755 Å². The topological polar surface area (TPSA) is 411 Å². The average molecular weight is 1800 g/mol. The molecule has 120 heavy (non-hydrogen) atoms. The number of hydrogen-bond donors (Lipinski definition) is 6. The zero-order valence-corrected chi connectivity index (χ0v) is 77.5. The molecule has 3 aromatic rings. The van der Waals surface area contributed by atoms with Crippen LogP contribution in [-0.4, -0.2) is 276 Å². The number of carbonyl (C=O) groups excluding carboxylic acids is 3. The Hall–Kier alpha value is -2.83. The Kier molecular flexibility index (Phi) is 48.0. The van der Waals surface area contributed by atoms with Gasteiger partial charge in [0.2, 0.25) is 6.29 Å². The summed E-state index contributed by atoms with van der Waals surface area (Å²) in [5.74, 6) is -5.26. The van der Waals surface area contributed by atoms with Crippen LogP contribution in [0.25, 0.3) is 16.0 Å². The summed E-state index contributed by atoms with van der Waals surface area (Å²) in [7, 11) is -0.250. The molecule has 0 aromatic heterocycles. The number of benzene rings is 3. The van der Waals surface area contributed by atoms with Gasteiger partial charge in [0, 0.05) is 47.3 Å². The smallest absolute Gasteiger partial charge is 0.857 e. The van der Waals surface area contributed by atoms with E-state index >= 15 is 0 Å². The first-order valence-corrected chi connectivity index (χ1v) is 41.1. The van der Waals surface area contributed by atoms with Gasteiger partial charge in [-0.2, -0.15) is 7.11 Å². The van der Waals surface area contributed by atoms with E-state index in [0.29, 0.717) is 26.1 Å². The van der Waals surface area contributed by atoms with Crippen molar-refractivity contribution in [3.8, 4) is 0 Å². The van der Waals surface area contributed by atoms with E-state index in [1.165, 1.54) is 49.2 Å². The van der Waals surface area contributed by atoms with E-state index in [1.54, 1.807) is 55.4 Å². The van der Waals surface area contributed by atoms with E-state index in [2.05, 4.69) is 0 Å². The minimum atomic E-state index is -1.82. The van der Waals surface area contributed by atoms with Gasteiger partial charge in [-0.1, -0.05) is 125 Å². The van der Waals surface area contributed by atoms with Crippen molar-refractivity contribution in [2.45, 2.75) is 338 Å². The molecular formula is C79H117F6N3Na2O27S3. The van der Waals surface area contributed by atoms with Gasteiger partial charge in [0.15, 0.2) is 66.5 Å². The Balaban J connectivity index is 0.000000367. The number of aliphatic hydroxyl groups excluding tert-OH is 6. The van der Waals surface area contributed by atoms with Crippen LogP contribution in [0.5, 0.6) is 0 Å². The van der Waals surface area contributed by atoms with Gasteiger partial charge in [0.1, 0.15) is 102 Å². The second-order valence-electron chi connectivity index (χ2n) is 30.0. The second kappa shape index (κ2) is 52.6. The fourth-order valence-electron chi connectivity index (χ4n) is 13.7. The summed E-state index contributed by atoms with van der Waals surface area (Å²) in [4.78, 5) is 37.4. The molecule has 1 unspecified atom stereocenters. The van der Waals surface area contributed by atoms with Gasteiger partial charge in [0.25, 0.3) is 0 Å². The normalized spacial score (nSPS) is 37.2. The van der Waals surface area contributed by atoms with E-state index in [9.17, 15) is 66.3 Å². The van der Waals surface area contributed by atoms with E-state index in [0.717, 1.165) is 40.0 Å². The van der Waals surface area contributed by atoms with Crippen molar-refractivity contribution in [1.82, 2.24) is 0 Å². The Bertz CT molecular complexity index is 3360. The fraction of sp³-hybridized carbons (Fsp3) is 0.734. The van der Waals surface area contributed by atoms with Crippen LogP contribution >= 0.6 is 35.3 Å². The predicted molar refractivity (Wildman–Crippen MR) is 415 cm³/mol. The van der Waals surface area contributed by atoms with E-state index in [-0.39, 0.29) is 83.3 Å². The number of aliphatic hydroxyl groups is 6. The van der Waals surface area contributed by atoms with Crippen LogP contribution in [0.15, 0.2) is 106 Å². The third kappa shape index (κ3) is 32.4. The van der Waals surface area contributed by atoms with Gasteiger partial charge < -0.3 is 127 Å². The number of fused-ring (bicyclic) bond motifs is 2. The largest absolute Gasteiger partial charge is 1.00 e. The van der Waals surface area contributed by atoms with Gasteiger partial charge in [-0.05, 0) is 111 Å². The second-order valence-corrected chi connectivity index (χ2v) is 33.5. The number of nitrogens with zero attached hydrogens (tertiary/aromatic N) is 3. The molecule has 0 bridgehead atoms. The summed E-state index contributed by atoms with van der Waals surface area (Å²) in [6, 6.07) is 28.1. The molecule has 30 nitrogen and oxygen atoms in total. The monoisotopic (exact) mass is 1800 g/mol. The average Bonchev–Trinajstić information content (AvgIpc) is 1.61. The molecule has 0 aliphatic carbocycles. The summed E-state index contributed by atoms with van der Waals surface area (Å²) >= 11 is 3.84. The van der Waals surface area contributed by atoms with Crippen LogP contribution in [0.1, 0.15) is 131 Å². The van der Waals surface area contributed by atoms with Crippen LogP contribution < -0.4 is 64.2 Å². The molecule has 10 heterocycles. The summed E-state index contributed by atoms with van der Waals surface area (Å²) in [6.45, 7) is 27.4. The molecule has 3 aromatic carbocycles. The molecule has 672 valence electrons. The summed E-state index contributed by atoms with van der Waals surface area (Å²) in [5, 5.41) is 66.1. The Morgan fingerprint density at radius 3 is 1.18 bits per heavy atom. The van der Waals surface area contributed by atoms with Gasteiger partial charge in [-0.15, -0.1) is 0 Å². The zero-order chi connectivity index (χ0) is 89.2. The van der Waals surface area contributed by atoms with Gasteiger partial charge in [-0.3, -0.25) is 23.7 Å². The van der Waals surface area contributed by atoms with Crippen LogP contribution in [0.2, 0.25) is 0 Å². The number of hydrogen-bond acceptors (Lipinski definition) is 30. The minimum absolute atomic E-state index is 0. The number of ether oxygens (including phenoxy) is 17. The number of rotatable bonds is 15. The van der Waals surface area contributed by atoms with Crippen molar-refractivity contribution in [3.05, 3.63) is 107 Å². The molecular weight excluding hydrogens is 1680 g/mol. The molecule has 13 rings (SSSR count). The SMILES string of the molecule is CC1(C)O[C@H]2O[C@H]([C@H]3COC(C)(C)O3)[C@@H](O)[C@H]2O1.CC1(C)O[C@H]2O[C@H]([C@H]3COC(C)(C)O3)[C@H](F)[C@H]2O1.CC[C@H]1OC(OC(C)=O)[C@H](OC(C)=O)[C@@H](F)[C@@H]1C.CC[C@H]1O[C@@H](Sc2ccccc2)[C@H](O)[C@@H](F)[C@@H]1O.CC[C@H]1O[C@@H](Sc2ccccc2)[C@H](OC(C)=O)[C@@H](F)[C@@H]1C.C[O-].OC[C@H]1O[C@@H](Sc2ccccc2)[C@H](O)[C@@H](F)[C@@H]1O.[2H]CF.[N-]=[N+]=[N-].[Na+].[Na+]. The van der Waals surface area contributed by atoms with Crippen molar-refractivity contribution in [3.63, 3.8) is 0 Å². The summed E-state index contributed by atoms with van der Waals surface area (Å²) < 4.78 is 179. The van der Waals surface area contributed by atoms with Crippen LogP contribution in [0.4, 0.5) is 26.3 Å². The van der Waals surface area contributed by atoms with E-state index < -0.39 is 212 Å². The van der Waals surface area contributed by atoms with E-state index in [4.69, 9.17) is 103 Å². The van der Waals surface area contributed by atoms with Gasteiger partial charge in [-0.25, -0.2) is 22.0 Å². The Morgan fingerprint density at radius 1 is 0.467 bits per heavy atom. The first-order chi connectivity index (χ1) is 56.0. The maximum atomic E-state index is 14.6. The molecule has 41 heteroatoms. The molecule has 10 aliphatic heterocycles. The molecule has 10 aliphatic rings. The number of alkyl halides is 6. The Morgan fingerprint density at radius 2 is 0.808 bits per heavy atom. The quantitative estimate of drug-likeness (QED) is 0.0237. The fourth-order valence-corrected chi connectivity index (χ4v) is 17.0. The van der Waals surface area contributed by atoms with Crippen molar-refractivity contribution < 1.29 is 217 Å². The molecule has 0 amide bonds. The number of esters is 3. The number of carbonyl (C=O) groups is 3. The molecule has 0 saturated carbocycles. The maximum Gasteiger partial charge on any atom is 1.00 e. The van der Waals surface area contributed by atoms with Crippen molar-refractivity contribution in [2.24, 2.45) is 11.8 Å². The van der Waals surface area contributed by atoms with Gasteiger partial charge in [0.05, 0.1) is 46.7 Å². The first kappa shape index (κ1) is 109. The summed E-state index contributed by atoms with van der Waals surface area (Å²) in [5.41, 5.74) is 11.5. The van der Waals surface area contributed by atoms with E-state index in [1.807, 2.05) is 126 Å².